The molecule has 2 heterocycles. The van der Waals surface area contributed by atoms with Crippen LogP contribution in [-0.2, 0) is 35.5 Å². The molecule has 4 aromatic rings. The Labute approximate surface area is 248 Å². The van der Waals surface area contributed by atoms with Crippen molar-refractivity contribution in [2.24, 2.45) is 15.7 Å². The van der Waals surface area contributed by atoms with E-state index in [1.807, 2.05) is 32.9 Å². The van der Waals surface area contributed by atoms with Crippen LogP contribution in [0.25, 0.3) is 0 Å². The predicted molar refractivity (Wildman–Crippen MR) is 171 cm³/mol. The van der Waals surface area contributed by atoms with Crippen LogP contribution in [0.5, 0.6) is 0 Å². The van der Waals surface area contributed by atoms with E-state index in [1.165, 1.54) is 16.7 Å². The monoisotopic (exact) mass is 558 g/mol. The molecule has 42 heavy (non-hydrogen) atoms. The normalized spacial score (nSPS) is 13.3. The molecule has 2 aliphatic heterocycles. The van der Waals surface area contributed by atoms with Gasteiger partial charge in [0.05, 0.1) is 29.3 Å². The molecule has 0 saturated carbocycles. The molecular formula is C36H38N4O2. The summed E-state index contributed by atoms with van der Waals surface area (Å²) in [4.78, 5) is 21.1. The van der Waals surface area contributed by atoms with Crippen LogP contribution in [0.3, 0.4) is 0 Å². The number of benzene rings is 4. The summed E-state index contributed by atoms with van der Waals surface area (Å²) >= 11 is 0. The lowest BCUT2D eigenvalue weighted by atomic mass is 10.0. The van der Waals surface area contributed by atoms with Crippen LogP contribution in [0, 0.1) is 0 Å². The molecule has 0 spiro atoms. The van der Waals surface area contributed by atoms with Crippen LogP contribution < -0.4 is 11.1 Å². The van der Waals surface area contributed by atoms with Crippen LogP contribution in [0.2, 0.25) is 0 Å². The van der Waals surface area contributed by atoms with Crippen molar-refractivity contribution >= 4 is 28.8 Å². The molecule has 0 atom stereocenters. The molecule has 6 rings (SSSR count). The van der Waals surface area contributed by atoms with Crippen molar-refractivity contribution in [3.63, 3.8) is 0 Å². The molecule has 0 unspecified atom stereocenters. The first kappa shape index (κ1) is 29.1. The SMILES string of the molecule is CC(C)(C)OC(=O)CNCc1ccc(C2=Nc3ccccc3C2)cc1.NCc1ccc(C2=Nc3ccccc3C2)cc1. The Morgan fingerprint density at radius 2 is 1.21 bits per heavy atom. The highest BCUT2D eigenvalue weighted by atomic mass is 16.6. The van der Waals surface area contributed by atoms with Crippen molar-refractivity contribution in [3.8, 4) is 0 Å². The summed E-state index contributed by atoms with van der Waals surface area (Å²) < 4.78 is 5.28. The highest BCUT2D eigenvalue weighted by Gasteiger charge is 2.17. The standard InChI is InChI=1S/C21H24N2O2.C15H14N2/c1-21(2,3)25-20(24)14-22-13-15-8-10-16(11-9-15)19-12-17-6-4-5-7-18(17)23-19;16-10-11-5-7-12(8-6-11)15-9-13-3-1-2-4-14(13)17-15/h4-11,22H,12-14H2,1-3H3;1-8H,9-10,16H2. The Kier molecular flexibility index (Phi) is 9.06. The molecule has 0 aromatic heterocycles. The third-order valence-corrected chi connectivity index (χ3v) is 7.04. The van der Waals surface area contributed by atoms with E-state index >= 15 is 0 Å². The number of nitrogens with two attached hydrogens (primary N) is 1. The van der Waals surface area contributed by atoms with Crippen LogP contribution in [0.4, 0.5) is 11.4 Å². The molecule has 0 radical (unpaired) electrons. The van der Waals surface area contributed by atoms with E-state index in [-0.39, 0.29) is 12.5 Å². The van der Waals surface area contributed by atoms with E-state index in [0.717, 1.165) is 52.3 Å². The number of hydrogen-bond donors (Lipinski definition) is 2. The number of carbonyl (C=O) groups is 1. The lowest BCUT2D eigenvalue weighted by Crippen LogP contribution is -2.31. The fourth-order valence-electron chi connectivity index (χ4n) is 4.94. The molecule has 3 N–H and O–H groups in total. The summed E-state index contributed by atoms with van der Waals surface area (Å²) in [6.07, 6.45) is 1.81. The van der Waals surface area contributed by atoms with Crippen molar-refractivity contribution in [1.29, 1.82) is 0 Å². The second-order valence-corrected chi connectivity index (χ2v) is 11.5. The van der Waals surface area contributed by atoms with Crippen LogP contribution in [0.15, 0.2) is 107 Å². The number of rotatable bonds is 7. The zero-order valence-corrected chi connectivity index (χ0v) is 24.6. The minimum atomic E-state index is -0.444. The number of ether oxygens (including phenoxy) is 1. The number of carbonyl (C=O) groups excluding carboxylic acids is 1. The highest BCUT2D eigenvalue weighted by Crippen LogP contribution is 2.29. The van der Waals surface area contributed by atoms with E-state index in [1.54, 1.807) is 0 Å². The zero-order valence-electron chi connectivity index (χ0n) is 24.6. The number of hydrogen-bond acceptors (Lipinski definition) is 6. The number of esters is 1. The minimum Gasteiger partial charge on any atom is -0.459 e. The van der Waals surface area contributed by atoms with E-state index in [2.05, 4.69) is 95.2 Å². The van der Waals surface area contributed by atoms with E-state index < -0.39 is 5.60 Å². The number of fused-ring (bicyclic) bond motifs is 2. The fraction of sp³-hybridized carbons (Fsp3) is 0.250. The molecule has 0 fully saturated rings. The van der Waals surface area contributed by atoms with Crippen molar-refractivity contribution in [2.45, 2.75) is 52.3 Å². The van der Waals surface area contributed by atoms with Gasteiger partial charge in [-0.1, -0.05) is 84.9 Å². The number of nitrogens with one attached hydrogen (secondary N) is 1. The molecular weight excluding hydrogens is 520 g/mol. The summed E-state index contributed by atoms with van der Waals surface area (Å²) in [5.74, 6) is -0.234. The van der Waals surface area contributed by atoms with Crippen molar-refractivity contribution in [1.82, 2.24) is 5.32 Å². The van der Waals surface area contributed by atoms with Gasteiger partial charge in [-0.05, 0) is 66.3 Å². The molecule has 0 saturated heterocycles. The fourth-order valence-corrected chi connectivity index (χ4v) is 4.94. The maximum absolute atomic E-state index is 11.7. The molecule has 0 bridgehead atoms. The van der Waals surface area contributed by atoms with Crippen LogP contribution >= 0.6 is 0 Å². The first-order chi connectivity index (χ1) is 20.3. The third-order valence-electron chi connectivity index (χ3n) is 7.04. The highest BCUT2D eigenvalue weighted by molar-refractivity contribution is 6.07. The van der Waals surface area contributed by atoms with Gasteiger partial charge in [0.1, 0.15) is 5.60 Å². The average molecular weight is 559 g/mol. The van der Waals surface area contributed by atoms with Crippen LogP contribution in [-0.4, -0.2) is 29.5 Å². The zero-order chi connectivity index (χ0) is 29.5. The van der Waals surface area contributed by atoms with Gasteiger partial charge in [-0.25, -0.2) is 0 Å². The quantitative estimate of drug-likeness (QED) is 0.250. The van der Waals surface area contributed by atoms with Crippen molar-refractivity contribution < 1.29 is 9.53 Å². The predicted octanol–water partition coefficient (Wildman–Crippen LogP) is 6.62. The maximum Gasteiger partial charge on any atom is 0.320 e. The van der Waals surface area contributed by atoms with E-state index in [0.29, 0.717) is 13.1 Å². The Morgan fingerprint density at radius 1 is 0.738 bits per heavy atom. The van der Waals surface area contributed by atoms with Gasteiger partial charge in [-0.3, -0.25) is 14.8 Å². The topological polar surface area (TPSA) is 89.1 Å². The number of para-hydroxylation sites is 2. The maximum atomic E-state index is 11.7. The van der Waals surface area contributed by atoms with Gasteiger partial charge < -0.3 is 15.8 Å². The van der Waals surface area contributed by atoms with Gasteiger partial charge in [0.15, 0.2) is 0 Å². The second-order valence-electron chi connectivity index (χ2n) is 11.5. The van der Waals surface area contributed by atoms with E-state index in [9.17, 15) is 4.79 Å². The second kappa shape index (κ2) is 13.1. The van der Waals surface area contributed by atoms with Gasteiger partial charge in [-0.15, -0.1) is 0 Å². The lowest BCUT2D eigenvalue weighted by molar-refractivity contribution is -0.153. The van der Waals surface area contributed by atoms with Crippen LogP contribution in [0.1, 0.15) is 54.2 Å². The van der Waals surface area contributed by atoms with Gasteiger partial charge in [0, 0.05) is 25.9 Å². The van der Waals surface area contributed by atoms with Gasteiger partial charge in [-0.2, -0.15) is 0 Å². The minimum absolute atomic E-state index is 0.209. The molecule has 214 valence electrons. The summed E-state index contributed by atoms with van der Waals surface area (Å²) in [7, 11) is 0. The van der Waals surface area contributed by atoms with Gasteiger partial charge in [0.2, 0.25) is 0 Å². The Bertz CT molecular complexity index is 1600. The van der Waals surface area contributed by atoms with Gasteiger partial charge >= 0.3 is 5.97 Å². The lowest BCUT2D eigenvalue weighted by Gasteiger charge is -2.19. The molecule has 4 aromatic carbocycles. The summed E-state index contributed by atoms with van der Waals surface area (Å²) in [5, 5.41) is 3.12. The Hall–Kier alpha value is -4.39. The van der Waals surface area contributed by atoms with Crippen molar-refractivity contribution in [3.05, 3.63) is 130 Å². The Morgan fingerprint density at radius 3 is 1.67 bits per heavy atom. The van der Waals surface area contributed by atoms with Crippen molar-refractivity contribution in [2.75, 3.05) is 6.54 Å². The molecule has 6 heteroatoms. The van der Waals surface area contributed by atoms with E-state index in [4.69, 9.17) is 15.5 Å². The average Bonchev–Trinajstić information content (AvgIpc) is 3.62. The number of aliphatic imine (C=N–C) groups is 2. The first-order valence-electron chi connectivity index (χ1n) is 14.4. The first-order valence-corrected chi connectivity index (χ1v) is 14.4. The largest absolute Gasteiger partial charge is 0.459 e. The summed E-state index contributed by atoms with van der Waals surface area (Å²) in [6, 6.07) is 33.2. The third kappa shape index (κ3) is 7.66. The molecule has 0 amide bonds. The van der Waals surface area contributed by atoms with Gasteiger partial charge in [0.25, 0.3) is 0 Å². The number of nitrogens with zero attached hydrogens (tertiary/aromatic N) is 2. The Balaban J connectivity index is 0.000000180. The molecule has 0 aliphatic carbocycles. The molecule has 2 aliphatic rings. The summed E-state index contributed by atoms with van der Waals surface area (Å²) in [5.41, 5.74) is 16.8. The summed E-state index contributed by atoms with van der Waals surface area (Å²) in [6.45, 7) is 7.04. The molecule has 6 nitrogen and oxygen atoms in total. The smallest absolute Gasteiger partial charge is 0.320 e.